The van der Waals surface area contributed by atoms with Crippen molar-refractivity contribution in [2.24, 2.45) is 0 Å². The standard InChI is InChI=1S/Na.H2O3S2.Pt.H/c;1-5(2,3)4;;/h;(H2,1,2,3,4);;. The second-order valence-electron chi connectivity index (χ2n) is 0.448. The van der Waals surface area contributed by atoms with Gasteiger partial charge in [0.2, 0.25) is 0 Å². The monoisotopic (exact) mass is 333 g/mol. The third kappa shape index (κ3) is 74.1. The topological polar surface area (TPSA) is 54.4 Å². The molecule has 44 valence electrons. The minimum absolute atomic E-state index is 0. The molecule has 7 heavy (non-hydrogen) atoms. The van der Waals surface area contributed by atoms with E-state index in [1.54, 1.807) is 0 Å². The van der Waals surface area contributed by atoms with E-state index in [2.05, 4.69) is 11.7 Å². The summed E-state index contributed by atoms with van der Waals surface area (Å²) in [7, 11) is -3.97. The Labute approximate surface area is 83.4 Å². The first kappa shape index (κ1) is 16.0. The van der Waals surface area contributed by atoms with Crippen LogP contribution >= 0.6 is 11.7 Å². The van der Waals surface area contributed by atoms with Gasteiger partial charge in [0.15, 0.2) is 0 Å². The van der Waals surface area contributed by atoms with Crippen LogP contribution in [0.15, 0.2) is 0 Å². The van der Waals surface area contributed by atoms with Gasteiger partial charge in [0.25, 0.3) is 0 Å². The minimum Gasteiger partial charge on any atom is 0 e. The fraction of sp³-hybridized carbons (Fsp3) is 0. The number of thiol groups is 1. The van der Waals surface area contributed by atoms with Crippen LogP contribution in [0, 0.1) is 0 Å². The Kier molecular flexibility index (Phi) is 13.9. The zero-order valence-corrected chi connectivity index (χ0v) is 6.42. The molecule has 0 unspecified atom stereocenters. The molecule has 0 spiro atoms. The maximum atomic E-state index is 9.05. The fourth-order valence-electron chi connectivity index (χ4n) is 0. The molecular weight excluding hydrogens is 330 g/mol. The molecule has 0 aromatic rings. The summed E-state index contributed by atoms with van der Waals surface area (Å²) in [6.45, 7) is 0. The van der Waals surface area contributed by atoms with E-state index in [1.165, 1.54) is 0 Å². The van der Waals surface area contributed by atoms with Gasteiger partial charge in [-0.15, -0.1) is 0 Å². The van der Waals surface area contributed by atoms with Gasteiger partial charge in [-0.25, -0.2) is 0 Å². The third-order valence-corrected chi connectivity index (χ3v) is 0. The van der Waals surface area contributed by atoms with E-state index in [0.717, 1.165) is 0 Å². The van der Waals surface area contributed by atoms with Gasteiger partial charge in [0, 0.05) is 21.1 Å². The van der Waals surface area contributed by atoms with Crippen LogP contribution in [0.3, 0.4) is 0 Å². The summed E-state index contributed by atoms with van der Waals surface area (Å²) in [5.74, 6) is 0. The zero-order valence-electron chi connectivity index (χ0n) is 2.44. The van der Waals surface area contributed by atoms with Gasteiger partial charge in [-0.05, 0) is 11.7 Å². The number of hydrogen-bond donors (Lipinski definition) is 2. The van der Waals surface area contributed by atoms with Crippen LogP contribution in [0.1, 0.15) is 0 Å². The van der Waals surface area contributed by atoms with Gasteiger partial charge in [-0.1, -0.05) is 0 Å². The summed E-state index contributed by atoms with van der Waals surface area (Å²) in [6, 6.07) is 0. The SMILES string of the molecule is O=S(=O)(O)S.[NaH].[Pt]. The maximum absolute atomic E-state index is 9.05. The fourth-order valence-corrected chi connectivity index (χ4v) is 0. The van der Waals surface area contributed by atoms with Crippen molar-refractivity contribution >= 4 is 50.4 Å². The zero-order chi connectivity index (χ0) is 4.50. The Morgan fingerprint density at radius 1 is 1.43 bits per heavy atom. The van der Waals surface area contributed by atoms with Crippen molar-refractivity contribution in [3.05, 3.63) is 0 Å². The number of hydrogen-bond acceptors (Lipinski definition) is 2. The summed E-state index contributed by atoms with van der Waals surface area (Å²) in [5.41, 5.74) is 0. The number of rotatable bonds is 0. The molecule has 0 fully saturated rings. The molecule has 0 saturated carbocycles. The van der Waals surface area contributed by atoms with Crippen molar-refractivity contribution in [2.75, 3.05) is 0 Å². The Morgan fingerprint density at radius 2 is 1.43 bits per heavy atom. The van der Waals surface area contributed by atoms with E-state index >= 15 is 0 Å². The van der Waals surface area contributed by atoms with Crippen molar-refractivity contribution in [3.8, 4) is 0 Å². The van der Waals surface area contributed by atoms with Crippen molar-refractivity contribution < 1.29 is 34.0 Å². The van der Waals surface area contributed by atoms with Crippen molar-refractivity contribution in [1.82, 2.24) is 0 Å². The van der Waals surface area contributed by atoms with Crippen LogP contribution in [0.4, 0.5) is 0 Å². The van der Waals surface area contributed by atoms with Gasteiger partial charge in [-0.2, -0.15) is 8.42 Å². The van der Waals surface area contributed by atoms with Crippen LogP contribution in [-0.2, 0) is 30.2 Å². The van der Waals surface area contributed by atoms with Crippen LogP contribution in [0.25, 0.3) is 0 Å². The molecule has 7 heteroatoms. The summed E-state index contributed by atoms with van der Waals surface area (Å²) in [5, 5.41) is 0. The van der Waals surface area contributed by atoms with Gasteiger partial charge in [-0.3, -0.25) is 4.55 Å². The average Bonchev–Trinajstić information content (AvgIpc) is 0.722. The predicted octanol–water partition coefficient (Wildman–Crippen LogP) is -0.932. The summed E-state index contributed by atoms with van der Waals surface area (Å²) in [6.07, 6.45) is 0. The molecule has 0 amide bonds. The average molecular weight is 333 g/mol. The molecule has 3 nitrogen and oxygen atoms in total. The van der Waals surface area contributed by atoms with Gasteiger partial charge < -0.3 is 0 Å². The summed E-state index contributed by atoms with van der Waals surface area (Å²) >= 11 is 2.65. The second kappa shape index (κ2) is 6.07. The molecule has 0 aliphatic rings. The quantitative estimate of drug-likeness (QED) is 0.261. The molecule has 0 atom stereocenters. The van der Waals surface area contributed by atoms with Gasteiger partial charge in [0.05, 0.1) is 0 Å². The summed E-state index contributed by atoms with van der Waals surface area (Å²) < 4.78 is 25.5. The van der Waals surface area contributed by atoms with E-state index in [4.69, 9.17) is 13.0 Å². The second-order valence-corrected chi connectivity index (χ2v) is 2.73. The van der Waals surface area contributed by atoms with Crippen LogP contribution in [0.5, 0.6) is 0 Å². The molecule has 0 heterocycles. The summed E-state index contributed by atoms with van der Waals surface area (Å²) in [4.78, 5) is 0. The molecule has 0 aromatic heterocycles. The van der Waals surface area contributed by atoms with Crippen molar-refractivity contribution in [3.63, 3.8) is 0 Å². The first-order valence-electron chi connectivity index (χ1n) is 0.698. The van der Waals surface area contributed by atoms with Crippen LogP contribution in [0.2, 0.25) is 0 Å². The molecule has 0 aliphatic carbocycles. The predicted molar refractivity (Wildman–Crippen MR) is 27.7 cm³/mol. The van der Waals surface area contributed by atoms with Crippen LogP contribution in [-0.4, -0.2) is 42.5 Å². The molecular formula is H3NaO3PtS2. The molecule has 0 bridgehead atoms. The minimum atomic E-state index is -3.97. The largest absolute Gasteiger partial charge is 0 e. The van der Waals surface area contributed by atoms with E-state index < -0.39 is 9.15 Å². The van der Waals surface area contributed by atoms with Gasteiger partial charge >= 0.3 is 38.7 Å². The Balaban J connectivity index is -0.0000000800. The third-order valence-electron chi connectivity index (χ3n) is 0. The van der Waals surface area contributed by atoms with Crippen LogP contribution < -0.4 is 0 Å². The molecule has 0 rings (SSSR count). The van der Waals surface area contributed by atoms with Crippen molar-refractivity contribution in [2.45, 2.75) is 0 Å². The first-order chi connectivity index (χ1) is 2.00. The normalized spacial score (nSPS) is 8.29. The smallest absolute Gasteiger partial charge is 0 e. The molecule has 0 aliphatic heterocycles. The Hall–Kier alpha value is 1.95. The van der Waals surface area contributed by atoms with E-state index in [1.807, 2.05) is 0 Å². The first-order valence-corrected chi connectivity index (χ1v) is 3.19. The molecule has 0 radical (unpaired) electrons. The molecule has 1 N–H and O–H groups in total. The maximum Gasteiger partial charge on any atom is 0 e. The van der Waals surface area contributed by atoms with E-state index in [-0.39, 0.29) is 50.6 Å². The molecule has 0 saturated heterocycles. The van der Waals surface area contributed by atoms with Crippen molar-refractivity contribution in [1.29, 1.82) is 0 Å². The Morgan fingerprint density at radius 3 is 1.43 bits per heavy atom. The van der Waals surface area contributed by atoms with Gasteiger partial charge in [0.1, 0.15) is 0 Å². The molecule has 0 aromatic carbocycles. The Bertz CT molecular complexity index is 96.1. The van der Waals surface area contributed by atoms with E-state index in [9.17, 15) is 0 Å². The van der Waals surface area contributed by atoms with E-state index in [0.29, 0.717) is 0 Å².